The molecule has 1 aliphatic heterocycles. The molecule has 1 fully saturated rings. The zero-order valence-corrected chi connectivity index (χ0v) is 11.2. The Morgan fingerprint density at radius 3 is 2.89 bits per heavy atom. The highest BCUT2D eigenvalue weighted by molar-refractivity contribution is 5.78. The second-order valence-electron chi connectivity index (χ2n) is 5.03. The first-order chi connectivity index (χ1) is 9.20. The van der Waals surface area contributed by atoms with Crippen molar-refractivity contribution in [1.29, 1.82) is 5.26 Å². The monoisotopic (exact) mass is 257 g/mol. The fourth-order valence-electron chi connectivity index (χ4n) is 2.47. The van der Waals surface area contributed by atoms with Crippen LogP contribution in [0.4, 0.5) is 0 Å². The highest BCUT2D eigenvalue weighted by Gasteiger charge is 2.23. The molecule has 1 aromatic rings. The maximum Gasteiger partial charge on any atom is 0.225 e. The van der Waals surface area contributed by atoms with Crippen molar-refractivity contribution in [3.05, 3.63) is 35.4 Å². The van der Waals surface area contributed by atoms with Crippen LogP contribution in [0.2, 0.25) is 0 Å². The van der Waals surface area contributed by atoms with E-state index in [2.05, 4.69) is 11.4 Å². The lowest BCUT2D eigenvalue weighted by Crippen LogP contribution is -2.38. The van der Waals surface area contributed by atoms with E-state index in [4.69, 9.17) is 5.26 Å². The summed E-state index contributed by atoms with van der Waals surface area (Å²) in [5.41, 5.74) is 1.64. The number of piperidine rings is 1. The first-order valence-corrected chi connectivity index (χ1v) is 6.65. The number of carbonyl (C=O) groups is 1. The molecule has 0 radical (unpaired) electrons. The molecule has 0 saturated carbocycles. The molecule has 0 aliphatic carbocycles. The van der Waals surface area contributed by atoms with Gasteiger partial charge in [-0.05, 0) is 43.6 Å². The summed E-state index contributed by atoms with van der Waals surface area (Å²) >= 11 is 0. The average molecular weight is 257 g/mol. The Labute approximate surface area is 114 Å². The maximum atomic E-state index is 12.3. The van der Waals surface area contributed by atoms with Crippen LogP contribution in [0.15, 0.2) is 24.3 Å². The zero-order chi connectivity index (χ0) is 13.7. The molecule has 0 atom stereocenters. The van der Waals surface area contributed by atoms with Gasteiger partial charge in [0.2, 0.25) is 5.91 Å². The Hall–Kier alpha value is -1.86. The number of nitrogens with zero attached hydrogens (tertiary/aromatic N) is 2. The van der Waals surface area contributed by atoms with Crippen molar-refractivity contribution in [2.24, 2.45) is 5.92 Å². The lowest BCUT2D eigenvalue weighted by molar-refractivity contribution is -0.135. The van der Waals surface area contributed by atoms with Crippen molar-refractivity contribution < 1.29 is 4.79 Å². The van der Waals surface area contributed by atoms with Crippen LogP contribution >= 0.6 is 0 Å². The van der Waals surface area contributed by atoms with Crippen LogP contribution in [0.3, 0.4) is 0 Å². The summed E-state index contributed by atoms with van der Waals surface area (Å²) in [5, 5.41) is 12.1. The minimum Gasteiger partial charge on any atom is -0.341 e. The Kier molecular flexibility index (Phi) is 4.53. The molecule has 4 nitrogen and oxygen atoms in total. The summed E-state index contributed by atoms with van der Waals surface area (Å²) in [6, 6.07) is 9.55. The lowest BCUT2D eigenvalue weighted by atomic mass is 9.96. The fourth-order valence-corrected chi connectivity index (χ4v) is 2.47. The smallest absolute Gasteiger partial charge is 0.225 e. The molecule has 1 amide bonds. The van der Waals surface area contributed by atoms with Crippen LogP contribution < -0.4 is 5.32 Å². The van der Waals surface area contributed by atoms with Crippen molar-refractivity contribution >= 4 is 5.91 Å². The summed E-state index contributed by atoms with van der Waals surface area (Å²) < 4.78 is 0. The Morgan fingerprint density at radius 1 is 1.47 bits per heavy atom. The highest BCUT2D eigenvalue weighted by atomic mass is 16.2. The van der Waals surface area contributed by atoms with Gasteiger partial charge in [0.25, 0.3) is 0 Å². The third kappa shape index (κ3) is 3.55. The first kappa shape index (κ1) is 13.6. The van der Waals surface area contributed by atoms with Crippen LogP contribution in [-0.4, -0.2) is 30.9 Å². The molecule has 1 saturated heterocycles. The predicted octanol–water partition coefficient (Wildman–Crippen LogP) is 1.52. The molecule has 2 rings (SSSR count). The average Bonchev–Trinajstić information content (AvgIpc) is 2.47. The molecule has 1 N–H and O–H groups in total. The van der Waals surface area contributed by atoms with E-state index in [-0.39, 0.29) is 11.8 Å². The Morgan fingerprint density at radius 2 is 2.21 bits per heavy atom. The van der Waals surface area contributed by atoms with Crippen molar-refractivity contribution in [3.8, 4) is 6.07 Å². The quantitative estimate of drug-likeness (QED) is 0.893. The number of hydrogen-bond donors (Lipinski definition) is 1. The molecule has 1 aliphatic rings. The van der Waals surface area contributed by atoms with Crippen LogP contribution in [-0.2, 0) is 11.3 Å². The van der Waals surface area contributed by atoms with Gasteiger partial charge in [0.05, 0.1) is 11.6 Å². The minimum absolute atomic E-state index is 0.144. The predicted molar refractivity (Wildman–Crippen MR) is 73.2 cm³/mol. The Balaban J connectivity index is 1.97. The molecule has 100 valence electrons. The van der Waals surface area contributed by atoms with E-state index >= 15 is 0 Å². The van der Waals surface area contributed by atoms with E-state index in [1.54, 1.807) is 11.0 Å². The second-order valence-corrected chi connectivity index (χ2v) is 5.03. The summed E-state index contributed by atoms with van der Waals surface area (Å²) in [6.45, 7) is 2.42. The Bertz CT molecular complexity index is 486. The van der Waals surface area contributed by atoms with Crippen molar-refractivity contribution in [3.63, 3.8) is 0 Å². The van der Waals surface area contributed by atoms with Gasteiger partial charge in [0, 0.05) is 19.5 Å². The van der Waals surface area contributed by atoms with Gasteiger partial charge >= 0.3 is 0 Å². The zero-order valence-electron chi connectivity index (χ0n) is 11.2. The number of rotatable bonds is 3. The van der Waals surface area contributed by atoms with Gasteiger partial charge in [-0.2, -0.15) is 5.26 Å². The molecule has 0 unspecified atom stereocenters. The van der Waals surface area contributed by atoms with Crippen molar-refractivity contribution in [2.75, 3.05) is 20.1 Å². The molecular weight excluding hydrogens is 238 g/mol. The van der Waals surface area contributed by atoms with Gasteiger partial charge in [-0.1, -0.05) is 12.1 Å². The van der Waals surface area contributed by atoms with Gasteiger partial charge in [0.15, 0.2) is 0 Å². The van der Waals surface area contributed by atoms with Crippen molar-refractivity contribution in [1.82, 2.24) is 10.2 Å². The number of carbonyl (C=O) groups excluding carboxylic acids is 1. The molecule has 0 spiro atoms. The van der Waals surface area contributed by atoms with E-state index in [1.165, 1.54) is 0 Å². The third-order valence-electron chi connectivity index (χ3n) is 3.54. The number of nitriles is 1. The maximum absolute atomic E-state index is 12.3. The molecular formula is C15H19N3O. The summed E-state index contributed by atoms with van der Waals surface area (Å²) in [6.07, 6.45) is 1.84. The van der Waals surface area contributed by atoms with Gasteiger partial charge < -0.3 is 10.2 Å². The number of benzene rings is 1. The van der Waals surface area contributed by atoms with Gasteiger partial charge in [-0.15, -0.1) is 0 Å². The molecule has 0 bridgehead atoms. The molecule has 19 heavy (non-hydrogen) atoms. The van der Waals surface area contributed by atoms with E-state index in [9.17, 15) is 4.79 Å². The second kappa shape index (κ2) is 6.35. The van der Waals surface area contributed by atoms with Crippen LogP contribution in [0.25, 0.3) is 0 Å². The van der Waals surface area contributed by atoms with Gasteiger partial charge in [-0.3, -0.25) is 4.79 Å². The first-order valence-electron chi connectivity index (χ1n) is 6.65. The van der Waals surface area contributed by atoms with E-state index in [1.807, 2.05) is 25.2 Å². The highest BCUT2D eigenvalue weighted by Crippen LogP contribution is 2.16. The molecule has 1 aromatic carbocycles. The SMILES string of the molecule is CN(Cc1cccc(C#N)c1)C(=O)C1CCNCC1. The molecule has 1 heterocycles. The number of hydrogen-bond acceptors (Lipinski definition) is 3. The minimum atomic E-state index is 0.144. The van der Waals surface area contributed by atoms with E-state index in [0.29, 0.717) is 12.1 Å². The summed E-state index contributed by atoms with van der Waals surface area (Å²) in [7, 11) is 1.84. The molecule has 4 heteroatoms. The largest absolute Gasteiger partial charge is 0.341 e. The number of nitrogens with one attached hydrogen (secondary N) is 1. The van der Waals surface area contributed by atoms with Crippen LogP contribution in [0.5, 0.6) is 0 Å². The topological polar surface area (TPSA) is 56.1 Å². The van der Waals surface area contributed by atoms with Crippen LogP contribution in [0.1, 0.15) is 24.0 Å². The fraction of sp³-hybridized carbons (Fsp3) is 0.467. The van der Waals surface area contributed by atoms with Gasteiger partial charge in [-0.25, -0.2) is 0 Å². The lowest BCUT2D eigenvalue weighted by Gasteiger charge is -2.27. The van der Waals surface area contributed by atoms with E-state index < -0.39 is 0 Å². The van der Waals surface area contributed by atoms with Crippen molar-refractivity contribution in [2.45, 2.75) is 19.4 Å². The van der Waals surface area contributed by atoms with Crippen LogP contribution in [0, 0.1) is 17.2 Å². The standard InChI is InChI=1S/C15H19N3O/c1-18(15(19)14-5-7-17-8-6-14)11-13-4-2-3-12(9-13)10-16/h2-4,9,14,17H,5-8,11H2,1H3. The third-order valence-corrected chi connectivity index (χ3v) is 3.54. The molecule has 0 aromatic heterocycles. The number of amides is 1. The summed E-state index contributed by atoms with van der Waals surface area (Å²) in [5.74, 6) is 0.356. The van der Waals surface area contributed by atoms with E-state index in [0.717, 1.165) is 31.5 Å². The van der Waals surface area contributed by atoms with Gasteiger partial charge in [0.1, 0.15) is 0 Å². The summed E-state index contributed by atoms with van der Waals surface area (Å²) in [4.78, 5) is 14.1. The normalized spacial score (nSPS) is 15.8.